The highest BCUT2D eigenvalue weighted by Gasteiger charge is 2.22. The molecule has 144 valence electrons. The lowest BCUT2D eigenvalue weighted by Gasteiger charge is -2.04. The Balaban J connectivity index is 1.58. The molecule has 11 heteroatoms. The summed E-state index contributed by atoms with van der Waals surface area (Å²) in [5.41, 5.74) is 0.0670. The molecule has 1 saturated carbocycles. The van der Waals surface area contributed by atoms with Gasteiger partial charge in [0.05, 0.1) is 5.75 Å². The van der Waals surface area contributed by atoms with Crippen LogP contribution in [0.1, 0.15) is 38.4 Å². The largest absolute Gasteiger partial charge is 0.357 e. The summed E-state index contributed by atoms with van der Waals surface area (Å²) in [6, 6.07) is 0.544. The van der Waals surface area contributed by atoms with E-state index in [0.717, 1.165) is 28.1 Å². The van der Waals surface area contributed by atoms with Crippen LogP contribution in [0.2, 0.25) is 0 Å². The minimum Gasteiger partial charge on any atom is -0.357 e. The van der Waals surface area contributed by atoms with Crippen LogP contribution >= 0.6 is 23.1 Å². The molecule has 0 radical (unpaired) electrons. The number of hydrogen-bond donors (Lipinski definition) is 2. The van der Waals surface area contributed by atoms with Gasteiger partial charge in [-0.3, -0.25) is 14.3 Å². The van der Waals surface area contributed by atoms with E-state index in [1.807, 2.05) is 0 Å². The Morgan fingerprint density at radius 1 is 1.33 bits per heavy atom. The predicted octanol–water partition coefficient (Wildman–Crippen LogP) is 1.94. The summed E-state index contributed by atoms with van der Waals surface area (Å²) in [7, 11) is 1.80. The summed E-state index contributed by atoms with van der Waals surface area (Å²) in [5.74, 6) is 1.27. The topological polar surface area (TPSA) is 110 Å². The van der Waals surface area contributed by atoms with Crippen molar-refractivity contribution >= 4 is 39.4 Å². The molecule has 0 aromatic carbocycles. The number of nitrogens with zero attached hydrogens (tertiary/aromatic N) is 5. The van der Waals surface area contributed by atoms with Crippen molar-refractivity contribution in [2.24, 2.45) is 7.05 Å². The molecule has 0 bridgehead atoms. The van der Waals surface area contributed by atoms with Crippen molar-refractivity contribution in [3.8, 4) is 0 Å². The first kappa shape index (κ1) is 18.2. The first-order chi connectivity index (χ1) is 13.1. The number of unbranched alkanes of at least 4 members (excludes halogenated alkanes) is 1. The third-order valence-electron chi connectivity index (χ3n) is 4.48. The quantitative estimate of drug-likeness (QED) is 0.549. The van der Waals surface area contributed by atoms with Gasteiger partial charge < -0.3 is 9.88 Å². The molecule has 3 aromatic heterocycles. The smallest absolute Gasteiger partial charge is 0.330 e. The van der Waals surface area contributed by atoms with E-state index in [1.165, 1.54) is 35.9 Å². The minimum absolute atomic E-state index is 0.402. The van der Waals surface area contributed by atoms with Gasteiger partial charge >= 0.3 is 5.69 Å². The van der Waals surface area contributed by atoms with Gasteiger partial charge in [-0.2, -0.15) is 0 Å². The number of rotatable bonds is 8. The van der Waals surface area contributed by atoms with Crippen molar-refractivity contribution in [2.45, 2.75) is 55.3 Å². The molecule has 1 aliphatic carbocycles. The van der Waals surface area contributed by atoms with Crippen LogP contribution in [0.4, 0.5) is 5.13 Å². The van der Waals surface area contributed by atoms with Gasteiger partial charge in [-0.1, -0.05) is 36.4 Å². The molecule has 3 aromatic rings. The summed E-state index contributed by atoms with van der Waals surface area (Å²) in [4.78, 5) is 31.5. The first-order valence-electron chi connectivity index (χ1n) is 8.98. The molecule has 3 heterocycles. The molecule has 0 amide bonds. The average Bonchev–Trinajstić information content (AvgIpc) is 3.23. The number of aromatic nitrogens is 6. The molecule has 0 atom stereocenters. The number of hydrogen-bond acceptors (Lipinski definition) is 8. The van der Waals surface area contributed by atoms with Crippen molar-refractivity contribution in [3.63, 3.8) is 0 Å². The molecular formula is C16H21N7O2S2. The molecule has 0 unspecified atom stereocenters. The van der Waals surface area contributed by atoms with Crippen molar-refractivity contribution in [2.75, 3.05) is 5.32 Å². The van der Waals surface area contributed by atoms with Crippen LogP contribution < -0.4 is 16.6 Å². The molecule has 1 aliphatic rings. The standard InChI is InChI=1S/C16H21N7O2S2/c1-3-4-7-23-12-11(13(24)19-15(23)25)22(2)10(18-12)8-26-16-21-20-14(27-16)17-9-5-6-9/h9H,3-8H2,1-2H3,(H,17,20)(H,19,24,25). The Morgan fingerprint density at radius 3 is 2.89 bits per heavy atom. The Kier molecular flexibility index (Phi) is 5.04. The predicted molar refractivity (Wildman–Crippen MR) is 107 cm³/mol. The third kappa shape index (κ3) is 3.79. The van der Waals surface area contributed by atoms with E-state index in [-0.39, 0.29) is 0 Å². The van der Waals surface area contributed by atoms with Crippen LogP contribution in [0.5, 0.6) is 0 Å². The average molecular weight is 408 g/mol. The zero-order valence-corrected chi connectivity index (χ0v) is 16.8. The van der Waals surface area contributed by atoms with Crippen molar-refractivity contribution in [3.05, 3.63) is 26.7 Å². The van der Waals surface area contributed by atoms with Gasteiger partial charge in [-0.25, -0.2) is 9.78 Å². The number of thioether (sulfide) groups is 1. The fourth-order valence-electron chi connectivity index (χ4n) is 2.80. The number of imidazole rings is 1. The highest BCUT2D eigenvalue weighted by molar-refractivity contribution is 8.00. The van der Waals surface area contributed by atoms with E-state index in [0.29, 0.717) is 29.5 Å². The van der Waals surface area contributed by atoms with Gasteiger partial charge in [0, 0.05) is 19.6 Å². The monoisotopic (exact) mass is 407 g/mol. The number of nitrogens with one attached hydrogen (secondary N) is 2. The summed E-state index contributed by atoms with van der Waals surface area (Å²) in [6.45, 7) is 2.60. The lowest BCUT2D eigenvalue weighted by atomic mass is 10.3. The normalized spacial score (nSPS) is 14.1. The van der Waals surface area contributed by atoms with Crippen molar-refractivity contribution < 1.29 is 0 Å². The highest BCUT2D eigenvalue weighted by atomic mass is 32.2. The fourth-order valence-corrected chi connectivity index (χ4v) is 4.61. The van der Waals surface area contributed by atoms with Gasteiger partial charge in [-0.05, 0) is 19.3 Å². The molecule has 27 heavy (non-hydrogen) atoms. The lowest BCUT2D eigenvalue weighted by molar-refractivity contribution is 0.613. The first-order valence-corrected chi connectivity index (χ1v) is 10.8. The van der Waals surface area contributed by atoms with Crippen LogP contribution in [0.15, 0.2) is 13.9 Å². The Bertz CT molecular complexity index is 1080. The van der Waals surface area contributed by atoms with E-state index < -0.39 is 11.2 Å². The van der Waals surface area contributed by atoms with E-state index in [4.69, 9.17) is 0 Å². The number of fused-ring (bicyclic) bond motifs is 1. The van der Waals surface area contributed by atoms with E-state index in [2.05, 4.69) is 32.4 Å². The third-order valence-corrected chi connectivity index (χ3v) is 6.46. The van der Waals surface area contributed by atoms with Crippen LogP contribution in [0, 0.1) is 0 Å². The maximum atomic E-state index is 12.3. The second-order valence-corrected chi connectivity index (χ2v) is 8.80. The number of anilines is 1. The Hall–Kier alpha value is -2.14. The van der Waals surface area contributed by atoms with E-state index >= 15 is 0 Å². The van der Waals surface area contributed by atoms with Gasteiger partial charge in [0.25, 0.3) is 5.56 Å². The maximum Gasteiger partial charge on any atom is 0.330 e. The molecule has 0 saturated heterocycles. The SMILES string of the molecule is CCCCn1c(=O)[nH]c(=O)c2c1nc(CSc1nnc(NC3CC3)s1)n2C. The van der Waals surface area contributed by atoms with Crippen molar-refractivity contribution in [1.29, 1.82) is 0 Å². The Labute approximate surface area is 163 Å². The molecule has 0 spiro atoms. The molecule has 4 rings (SSSR count). The van der Waals surface area contributed by atoms with Gasteiger partial charge in [0.15, 0.2) is 15.5 Å². The zero-order chi connectivity index (χ0) is 19.0. The fraction of sp³-hybridized carbons (Fsp3) is 0.562. The van der Waals surface area contributed by atoms with Crippen LogP contribution in [0.3, 0.4) is 0 Å². The highest BCUT2D eigenvalue weighted by Crippen LogP contribution is 2.31. The van der Waals surface area contributed by atoms with Gasteiger partial charge in [0.1, 0.15) is 5.82 Å². The lowest BCUT2D eigenvalue weighted by Crippen LogP contribution is -2.31. The summed E-state index contributed by atoms with van der Waals surface area (Å²) in [6.07, 6.45) is 4.19. The Morgan fingerprint density at radius 2 is 2.15 bits per heavy atom. The molecule has 1 fully saturated rings. The maximum absolute atomic E-state index is 12.3. The number of H-pyrrole nitrogens is 1. The van der Waals surface area contributed by atoms with E-state index in [9.17, 15) is 9.59 Å². The van der Waals surface area contributed by atoms with Gasteiger partial charge in [0.2, 0.25) is 5.13 Å². The summed E-state index contributed by atoms with van der Waals surface area (Å²) < 4.78 is 4.16. The van der Waals surface area contributed by atoms with Crippen LogP contribution in [-0.2, 0) is 19.3 Å². The van der Waals surface area contributed by atoms with Crippen LogP contribution in [0.25, 0.3) is 11.2 Å². The number of aromatic amines is 1. The number of aryl methyl sites for hydroxylation is 2. The molecule has 9 nitrogen and oxygen atoms in total. The van der Waals surface area contributed by atoms with E-state index in [1.54, 1.807) is 16.2 Å². The zero-order valence-electron chi connectivity index (χ0n) is 15.2. The molecule has 0 aliphatic heterocycles. The van der Waals surface area contributed by atoms with Crippen molar-refractivity contribution in [1.82, 2.24) is 29.3 Å². The summed E-state index contributed by atoms with van der Waals surface area (Å²) in [5, 5.41) is 12.5. The molecular weight excluding hydrogens is 386 g/mol. The minimum atomic E-state index is -0.404. The summed E-state index contributed by atoms with van der Waals surface area (Å²) >= 11 is 3.05. The van der Waals surface area contributed by atoms with Crippen LogP contribution in [-0.4, -0.2) is 35.3 Å². The van der Waals surface area contributed by atoms with Gasteiger partial charge in [-0.15, -0.1) is 10.2 Å². The molecule has 2 N–H and O–H groups in total. The second kappa shape index (κ2) is 7.47. The second-order valence-electron chi connectivity index (χ2n) is 6.60.